The molecule has 3 N–H and O–H groups in total. The molecule has 1 aromatic heterocycles. The number of halogens is 2. The van der Waals surface area contributed by atoms with Gasteiger partial charge in [0, 0.05) is 5.02 Å². The Kier molecular flexibility index (Phi) is 4.24. The first-order valence-electron chi connectivity index (χ1n) is 5.45. The highest BCUT2D eigenvalue weighted by molar-refractivity contribution is 9.10. The number of aromatic nitrogens is 2. The molecule has 0 aliphatic carbocycles. The maximum Gasteiger partial charge on any atom is 0.240 e. The molecule has 1 heterocycles. The van der Waals surface area contributed by atoms with Gasteiger partial charge in [0.1, 0.15) is 5.75 Å². The topological polar surface area (TPSA) is 73.1 Å². The fourth-order valence-electron chi connectivity index (χ4n) is 1.65. The predicted molar refractivity (Wildman–Crippen MR) is 78.5 cm³/mol. The van der Waals surface area contributed by atoms with Gasteiger partial charge in [-0.1, -0.05) is 11.6 Å². The summed E-state index contributed by atoms with van der Waals surface area (Å²) in [7, 11) is 0. The molecule has 19 heavy (non-hydrogen) atoms. The Morgan fingerprint density at radius 3 is 2.53 bits per heavy atom. The monoisotopic (exact) mass is 342 g/mol. The van der Waals surface area contributed by atoms with Crippen molar-refractivity contribution in [2.75, 3.05) is 5.43 Å². The molecule has 0 aliphatic heterocycles. The number of hydrazine groups is 1. The number of ether oxygens (including phenoxy) is 1. The number of hydrogen-bond acceptors (Lipinski definition) is 5. The van der Waals surface area contributed by atoms with Crippen LogP contribution in [0.25, 0.3) is 0 Å². The summed E-state index contributed by atoms with van der Waals surface area (Å²) in [6.07, 6.45) is 1.57. The van der Waals surface area contributed by atoms with Gasteiger partial charge in [-0.2, -0.15) is 4.98 Å². The average Bonchev–Trinajstić information content (AvgIpc) is 2.35. The number of nitrogens with one attached hydrogen (secondary N) is 1. The number of rotatable bonds is 3. The van der Waals surface area contributed by atoms with Crippen molar-refractivity contribution in [1.29, 1.82) is 0 Å². The van der Waals surface area contributed by atoms with E-state index in [9.17, 15) is 0 Å². The highest BCUT2D eigenvalue weighted by Crippen LogP contribution is 2.33. The molecule has 0 fully saturated rings. The molecule has 0 unspecified atom stereocenters. The average molecular weight is 344 g/mol. The van der Waals surface area contributed by atoms with E-state index in [4.69, 9.17) is 22.2 Å². The van der Waals surface area contributed by atoms with Crippen molar-refractivity contribution < 1.29 is 4.74 Å². The molecular weight excluding hydrogens is 332 g/mol. The Balaban J connectivity index is 2.41. The number of aryl methyl sites for hydroxylation is 2. The lowest BCUT2D eigenvalue weighted by atomic mass is 10.1. The van der Waals surface area contributed by atoms with Crippen LogP contribution in [0.1, 0.15) is 11.1 Å². The summed E-state index contributed by atoms with van der Waals surface area (Å²) < 4.78 is 6.46. The van der Waals surface area contributed by atoms with Crippen molar-refractivity contribution in [3.8, 4) is 11.6 Å². The molecule has 100 valence electrons. The van der Waals surface area contributed by atoms with Crippen molar-refractivity contribution in [2.24, 2.45) is 5.84 Å². The van der Waals surface area contributed by atoms with Crippen LogP contribution in [0.3, 0.4) is 0 Å². The van der Waals surface area contributed by atoms with Crippen LogP contribution >= 0.6 is 27.5 Å². The first kappa shape index (κ1) is 14.0. The summed E-state index contributed by atoms with van der Waals surface area (Å²) in [5.41, 5.74) is 4.23. The second-order valence-corrected chi connectivity index (χ2v) is 5.25. The summed E-state index contributed by atoms with van der Waals surface area (Å²) >= 11 is 9.32. The standard InChI is InChI=1S/C12H12BrClN4O/c1-6-3-8(14)4-7(2)10(6)19-11-9(13)5-16-12(17-11)18-15/h3-5H,15H2,1-2H3,(H,16,17,18). The Morgan fingerprint density at radius 2 is 1.95 bits per heavy atom. The van der Waals surface area contributed by atoms with E-state index in [2.05, 4.69) is 31.3 Å². The Labute approximate surface area is 124 Å². The van der Waals surface area contributed by atoms with E-state index < -0.39 is 0 Å². The Hall–Kier alpha value is -1.37. The van der Waals surface area contributed by atoms with Crippen LogP contribution in [0, 0.1) is 13.8 Å². The molecule has 0 aliphatic rings. The number of nitrogens with zero attached hydrogens (tertiary/aromatic N) is 2. The van der Waals surface area contributed by atoms with E-state index in [1.807, 2.05) is 26.0 Å². The zero-order chi connectivity index (χ0) is 14.0. The van der Waals surface area contributed by atoms with E-state index in [1.165, 1.54) is 0 Å². The van der Waals surface area contributed by atoms with Crippen LogP contribution in [0.15, 0.2) is 22.8 Å². The van der Waals surface area contributed by atoms with Crippen LogP contribution in [0.2, 0.25) is 5.02 Å². The molecule has 2 rings (SSSR count). The van der Waals surface area contributed by atoms with Gasteiger partial charge in [0.05, 0.1) is 10.7 Å². The van der Waals surface area contributed by atoms with Gasteiger partial charge in [-0.15, -0.1) is 0 Å². The molecule has 1 aromatic carbocycles. The quantitative estimate of drug-likeness (QED) is 0.658. The number of anilines is 1. The highest BCUT2D eigenvalue weighted by atomic mass is 79.9. The first-order valence-corrected chi connectivity index (χ1v) is 6.62. The molecule has 0 atom stereocenters. The largest absolute Gasteiger partial charge is 0.437 e. The van der Waals surface area contributed by atoms with Crippen molar-refractivity contribution in [3.63, 3.8) is 0 Å². The van der Waals surface area contributed by atoms with Gasteiger partial charge >= 0.3 is 0 Å². The molecule has 0 spiro atoms. The third kappa shape index (κ3) is 3.15. The number of hydrogen-bond donors (Lipinski definition) is 2. The minimum atomic E-state index is 0.280. The SMILES string of the molecule is Cc1cc(Cl)cc(C)c1Oc1nc(NN)ncc1Br. The van der Waals surface area contributed by atoms with Gasteiger partial charge in [0.15, 0.2) is 0 Å². The van der Waals surface area contributed by atoms with Crippen molar-refractivity contribution in [3.05, 3.63) is 39.0 Å². The van der Waals surface area contributed by atoms with Gasteiger partial charge < -0.3 is 4.74 Å². The summed E-state index contributed by atoms with van der Waals surface area (Å²) in [4.78, 5) is 8.10. The molecule has 0 saturated heterocycles. The minimum absolute atomic E-state index is 0.280. The summed E-state index contributed by atoms with van der Waals surface area (Å²) in [6.45, 7) is 3.84. The van der Waals surface area contributed by atoms with Crippen molar-refractivity contribution >= 4 is 33.5 Å². The summed E-state index contributed by atoms with van der Waals surface area (Å²) in [6, 6.07) is 3.67. The fourth-order valence-corrected chi connectivity index (χ4v) is 2.25. The van der Waals surface area contributed by atoms with E-state index in [1.54, 1.807) is 6.20 Å². The highest BCUT2D eigenvalue weighted by Gasteiger charge is 2.11. The van der Waals surface area contributed by atoms with Gasteiger partial charge in [0.25, 0.3) is 0 Å². The second-order valence-electron chi connectivity index (χ2n) is 3.96. The van der Waals surface area contributed by atoms with Crippen LogP contribution in [0.5, 0.6) is 11.6 Å². The molecule has 2 aromatic rings. The molecule has 0 amide bonds. The summed E-state index contributed by atoms with van der Waals surface area (Å²) in [5, 5.41) is 0.674. The van der Waals surface area contributed by atoms with E-state index in [0.29, 0.717) is 21.1 Å². The molecule has 5 nitrogen and oxygen atoms in total. The lowest BCUT2D eigenvalue weighted by Crippen LogP contribution is -2.10. The molecule has 7 heteroatoms. The Bertz CT molecular complexity index is 598. The number of nitrogen functional groups attached to an aromatic ring is 1. The van der Waals surface area contributed by atoms with Crippen molar-refractivity contribution in [1.82, 2.24) is 9.97 Å². The maximum atomic E-state index is 5.99. The first-order chi connectivity index (χ1) is 9.01. The smallest absolute Gasteiger partial charge is 0.240 e. The lowest BCUT2D eigenvalue weighted by molar-refractivity contribution is 0.452. The zero-order valence-electron chi connectivity index (χ0n) is 10.4. The molecule has 0 radical (unpaired) electrons. The number of benzene rings is 1. The molecule has 0 saturated carbocycles. The van der Waals surface area contributed by atoms with Gasteiger partial charge in [-0.3, -0.25) is 5.43 Å². The van der Waals surface area contributed by atoms with E-state index in [0.717, 1.165) is 11.1 Å². The normalized spacial score (nSPS) is 10.4. The Morgan fingerprint density at radius 1 is 1.32 bits per heavy atom. The lowest BCUT2D eigenvalue weighted by Gasteiger charge is -2.13. The number of nitrogens with two attached hydrogens (primary N) is 1. The fraction of sp³-hybridized carbons (Fsp3) is 0.167. The molecular formula is C12H12BrClN4O. The van der Waals surface area contributed by atoms with E-state index in [-0.39, 0.29) is 5.95 Å². The third-order valence-corrected chi connectivity index (χ3v) is 3.23. The van der Waals surface area contributed by atoms with Gasteiger partial charge in [-0.25, -0.2) is 10.8 Å². The zero-order valence-corrected chi connectivity index (χ0v) is 12.7. The van der Waals surface area contributed by atoms with Gasteiger partial charge in [0.2, 0.25) is 11.8 Å². The van der Waals surface area contributed by atoms with Crippen LogP contribution in [-0.2, 0) is 0 Å². The predicted octanol–water partition coefficient (Wildman–Crippen LogP) is 3.59. The van der Waals surface area contributed by atoms with Crippen molar-refractivity contribution in [2.45, 2.75) is 13.8 Å². The summed E-state index contributed by atoms with van der Waals surface area (Å²) in [5.74, 6) is 6.66. The van der Waals surface area contributed by atoms with Crippen LogP contribution in [0.4, 0.5) is 5.95 Å². The third-order valence-electron chi connectivity index (χ3n) is 2.46. The second kappa shape index (κ2) is 5.73. The maximum absolute atomic E-state index is 5.99. The minimum Gasteiger partial charge on any atom is -0.437 e. The van der Waals surface area contributed by atoms with Crippen LogP contribution < -0.4 is 16.0 Å². The van der Waals surface area contributed by atoms with Crippen LogP contribution in [-0.4, -0.2) is 9.97 Å². The van der Waals surface area contributed by atoms with E-state index >= 15 is 0 Å². The van der Waals surface area contributed by atoms with Gasteiger partial charge in [-0.05, 0) is 53.0 Å². The molecule has 0 bridgehead atoms.